The number of aliphatic hydroxyl groups is 1. The maximum Gasteiger partial charge on any atom is 0.439 e. The van der Waals surface area contributed by atoms with Gasteiger partial charge in [0.15, 0.2) is 0 Å². The van der Waals surface area contributed by atoms with Gasteiger partial charge < -0.3 is 5.11 Å². The SMILES string of the molecule is CC(C)(C)[C@@H]1CCC2=NN(C(=O)c3ccc(Br)cc3)[C@@](O)(C(F)(F)F)[C@@H]2C1. The van der Waals surface area contributed by atoms with Crippen LogP contribution in [0.2, 0.25) is 0 Å². The molecule has 0 aromatic heterocycles. The maximum absolute atomic E-state index is 14.0. The van der Waals surface area contributed by atoms with Crippen LogP contribution in [0.3, 0.4) is 0 Å². The van der Waals surface area contributed by atoms with E-state index in [1.54, 1.807) is 12.1 Å². The van der Waals surface area contributed by atoms with Gasteiger partial charge in [0, 0.05) is 15.7 Å². The number of hydrazone groups is 1. The standard InChI is InChI=1S/C19H22BrF3N2O2/c1-17(2,3)12-6-9-15-14(10-12)18(27,19(21,22)23)25(24-15)16(26)11-4-7-13(20)8-5-11/h4-5,7-8,12,14,27H,6,9-10H2,1-3H3/t12-,14-,18+/m1/s1. The normalized spacial score (nSPS) is 28.7. The second-order valence-electron chi connectivity index (χ2n) is 8.33. The van der Waals surface area contributed by atoms with Crippen molar-refractivity contribution in [3.8, 4) is 0 Å². The van der Waals surface area contributed by atoms with Gasteiger partial charge in [0.05, 0.1) is 5.92 Å². The topological polar surface area (TPSA) is 52.9 Å². The largest absolute Gasteiger partial charge is 0.439 e. The zero-order valence-corrected chi connectivity index (χ0v) is 16.9. The molecule has 1 saturated carbocycles. The van der Waals surface area contributed by atoms with Crippen LogP contribution in [0.1, 0.15) is 50.4 Å². The number of fused-ring (bicyclic) bond motifs is 1. The molecule has 1 aliphatic carbocycles. The van der Waals surface area contributed by atoms with Gasteiger partial charge in [-0.1, -0.05) is 36.7 Å². The lowest BCUT2D eigenvalue weighted by Crippen LogP contribution is -2.62. The van der Waals surface area contributed by atoms with Gasteiger partial charge >= 0.3 is 6.18 Å². The van der Waals surface area contributed by atoms with E-state index in [2.05, 4.69) is 21.0 Å². The number of hydrogen-bond donors (Lipinski definition) is 1. The van der Waals surface area contributed by atoms with Crippen LogP contribution < -0.4 is 0 Å². The summed E-state index contributed by atoms with van der Waals surface area (Å²) in [5, 5.41) is 15.0. The summed E-state index contributed by atoms with van der Waals surface area (Å²) in [6, 6.07) is 5.93. The first-order valence-corrected chi connectivity index (χ1v) is 9.61. The Morgan fingerprint density at radius 1 is 1.26 bits per heavy atom. The van der Waals surface area contributed by atoms with Gasteiger partial charge in [-0.05, 0) is 54.9 Å². The van der Waals surface area contributed by atoms with Crippen LogP contribution in [0, 0.1) is 17.3 Å². The van der Waals surface area contributed by atoms with Gasteiger partial charge in [-0.15, -0.1) is 0 Å². The number of carbonyl (C=O) groups is 1. The van der Waals surface area contributed by atoms with Crippen molar-refractivity contribution in [2.24, 2.45) is 22.4 Å². The highest BCUT2D eigenvalue weighted by Crippen LogP contribution is 2.52. The van der Waals surface area contributed by atoms with E-state index in [9.17, 15) is 23.1 Å². The minimum atomic E-state index is -5.02. The molecule has 0 bridgehead atoms. The van der Waals surface area contributed by atoms with E-state index >= 15 is 0 Å². The third kappa shape index (κ3) is 3.42. The second kappa shape index (κ2) is 6.58. The monoisotopic (exact) mass is 446 g/mol. The van der Waals surface area contributed by atoms with Crippen molar-refractivity contribution in [1.29, 1.82) is 0 Å². The van der Waals surface area contributed by atoms with E-state index < -0.39 is 23.7 Å². The van der Waals surface area contributed by atoms with Gasteiger partial charge in [-0.2, -0.15) is 23.3 Å². The first-order chi connectivity index (χ1) is 12.4. The van der Waals surface area contributed by atoms with Gasteiger partial charge in [0.25, 0.3) is 11.6 Å². The summed E-state index contributed by atoms with van der Waals surface area (Å²) < 4.78 is 42.7. The van der Waals surface area contributed by atoms with Crippen LogP contribution in [0.4, 0.5) is 13.2 Å². The summed E-state index contributed by atoms with van der Waals surface area (Å²) in [6.45, 7) is 5.93. The first-order valence-electron chi connectivity index (χ1n) is 8.82. The molecular formula is C19H22BrF3N2O2. The zero-order valence-electron chi connectivity index (χ0n) is 15.3. The lowest BCUT2D eigenvalue weighted by atomic mass is 9.66. The first kappa shape index (κ1) is 20.3. The number of rotatable bonds is 1. The third-order valence-corrected chi connectivity index (χ3v) is 6.16. The summed E-state index contributed by atoms with van der Waals surface area (Å²) in [4.78, 5) is 12.8. The fraction of sp³-hybridized carbons (Fsp3) is 0.579. The Kier molecular flexibility index (Phi) is 4.96. The summed E-state index contributed by atoms with van der Waals surface area (Å²) in [5.41, 5.74) is -3.23. The molecule has 1 aromatic rings. The molecule has 1 aromatic carbocycles. The Balaban J connectivity index is 2.01. The van der Waals surface area contributed by atoms with E-state index in [4.69, 9.17) is 0 Å². The number of halogens is 4. The fourth-order valence-electron chi connectivity index (χ4n) is 3.92. The van der Waals surface area contributed by atoms with Gasteiger partial charge in [-0.25, -0.2) is 0 Å². The van der Waals surface area contributed by atoms with Crippen molar-refractivity contribution in [3.63, 3.8) is 0 Å². The quantitative estimate of drug-likeness (QED) is 0.661. The highest BCUT2D eigenvalue weighted by Gasteiger charge is 2.69. The maximum atomic E-state index is 14.0. The summed E-state index contributed by atoms with van der Waals surface area (Å²) in [5.74, 6) is -2.20. The van der Waals surface area contributed by atoms with Crippen molar-refractivity contribution in [1.82, 2.24) is 5.01 Å². The second-order valence-corrected chi connectivity index (χ2v) is 9.24. The lowest BCUT2D eigenvalue weighted by molar-refractivity contribution is -0.314. The Hall–Kier alpha value is -1.41. The highest BCUT2D eigenvalue weighted by molar-refractivity contribution is 9.10. The average molecular weight is 447 g/mol. The Morgan fingerprint density at radius 3 is 2.37 bits per heavy atom. The molecule has 4 nitrogen and oxygen atoms in total. The molecule has 1 fully saturated rings. The molecule has 1 heterocycles. The zero-order chi connectivity index (χ0) is 20.2. The van der Waals surface area contributed by atoms with E-state index in [0.29, 0.717) is 17.3 Å². The van der Waals surface area contributed by atoms with Crippen LogP contribution in [-0.2, 0) is 0 Å². The smallest absolute Gasteiger partial charge is 0.362 e. The van der Waals surface area contributed by atoms with E-state index in [1.807, 2.05) is 20.8 Å². The van der Waals surface area contributed by atoms with Crippen LogP contribution in [0.25, 0.3) is 0 Å². The van der Waals surface area contributed by atoms with E-state index in [1.165, 1.54) is 12.1 Å². The number of amides is 1. The van der Waals surface area contributed by atoms with Crippen molar-refractivity contribution < 1.29 is 23.1 Å². The molecule has 27 heavy (non-hydrogen) atoms. The third-order valence-electron chi connectivity index (χ3n) is 5.63. The predicted octanol–water partition coefficient (Wildman–Crippen LogP) is 4.97. The molecule has 0 unspecified atom stereocenters. The molecule has 8 heteroatoms. The summed E-state index contributed by atoms with van der Waals surface area (Å²) in [6.07, 6.45) is -3.85. The summed E-state index contributed by atoms with van der Waals surface area (Å²) >= 11 is 3.23. The predicted molar refractivity (Wildman–Crippen MR) is 99.0 cm³/mol. The molecule has 3 rings (SSSR count). The van der Waals surface area contributed by atoms with Crippen LogP contribution >= 0.6 is 15.9 Å². The van der Waals surface area contributed by atoms with Crippen LogP contribution in [0.15, 0.2) is 33.8 Å². The van der Waals surface area contributed by atoms with Crippen molar-refractivity contribution in [2.45, 2.75) is 51.9 Å². The van der Waals surface area contributed by atoms with Crippen molar-refractivity contribution >= 4 is 27.5 Å². The Labute approximate surface area is 164 Å². The Morgan fingerprint density at radius 2 is 1.85 bits per heavy atom. The molecule has 0 saturated heterocycles. The molecule has 0 radical (unpaired) electrons. The summed E-state index contributed by atoms with van der Waals surface area (Å²) in [7, 11) is 0. The van der Waals surface area contributed by atoms with E-state index in [-0.39, 0.29) is 34.0 Å². The molecule has 1 N–H and O–H groups in total. The molecule has 1 amide bonds. The van der Waals surface area contributed by atoms with Gasteiger partial charge in [-0.3, -0.25) is 4.79 Å². The molecule has 1 aliphatic heterocycles. The minimum absolute atomic E-state index is 0.00180. The van der Waals surface area contributed by atoms with E-state index in [0.717, 1.165) is 0 Å². The highest BCUT2D eigenvalue weighted by atomic mass is 79.9. The van der Waals surface area contributed by atoms with Crippen LogP contribution in [0.5, 0.6) is 0 Å². The number of benzene rings is 1. The van der Waals surface area contributed by atoms with Crippen molar-refractivity contribution in [2.75, 3.05) is 0 Å². The fourth-order valence-corrected chi connectivity index (χ4v) is 4.19. The average Bonchev–Trinajstić information content (AvgIpc) is 2.88. The van der Waals surface area contributed by atoms with Crippen LogP contribution in [-0.4, -0.2) is 33.6 Å². The molecular weight excluding hydrogens is 425 g/mol. The van der Waals surface area contributed by atoms with Crippen molar-refractivity contribution in [3.05, 3.63) is 34.3 Å². The molecule has 2 aliphatic rings. The lowest BCUT2D eigenvalue weighted by Gasteiger charge is -2.42. The molecule has 3 atom stereocenters. The Bertz CT molecular complexity index is 771. The number of carbonyl (C=O) groups excluding carboxylic acids is 1. The number of nitrogens with zero attached hydrogens (tertiary/aromatic N) is 2. The molecule has 148 valence electrons. The van der Waals surface area contributed by atoms with Gasteiger partial charge in [0.2, 0.25) is 0 Å². The number of hydrogen-bond acceptors (Lipinski definition) is 3. The molecule has 0 spiro atoms. The minimum Gasteiger partial charge on any atom is -0.362 e. The number of alkyl halides is 3. The van der Waals surface area contributed by atoms with Gasteiger partial charge in [0.1, 0.15) is 0 Å².